The van der Waals surface area contributed by atoms with Gasteiger partial charge < -0.3 is 0 Å². The van der Waals surface area contributed by atoms with Crippen molar-refractivity contribution in [2.45, 2.75) is 41.5 Å². The Morgan fingerprint density at radius 1 is 0.933 bits per heavy atom. The first-order valence-corrected chi connectivity index (χ1v) is 5.66. The minimum atomic E-state index is 0.503. The smallest absolute Gasteiger partial charge is 0.0351 e. The number of hydrogen-bond donors (Lipinski definition) is 0. The number of aliphatic imine (C=N–C) groups is 1. The number of nitrogens with zero attached hydrogens (tertiary/aromatic N) is 1. The van der Waals surface area contributed by atoms with Gasteiger partial charge in [0.05, 0.1) is 0 Å². The van der Waals surface area contributed by atoms with Crippen LogP contribution in [0.25, 0.3) is 0 Å². The lowest BCUT2D eigenvalue weighted by Gasteiger charge is -2.21. The molecule has 0 fully saturated rings. The van der Waals surface area contributed by atoms with Crippen LogP contribution in [0, 0.1) is 11.8 Å². The number of hydrogen-bond acceptors (Lipinski definition) is 1. The molecular weight excluding hydrogens is 182 g/mol. The molecule has 0 aromatic rings. The third-order valence-corrected chi connectivity index (χ3v) is 2.63. The molecule has 15 heavy (non-hydrogen) atoms. The van der Waals surface area contributed by atoms with Gasteiger partial charge in [0.1, 0.15) is 0 Å². The maximum Gasteiger partial charge on any atom is 0.0351 e. The molecule has 0 rings (SSSR count). The van der Waals surface area contributed by atoms with Crippen LogP contribution in [-0.4, -0.2) is 12.8 Å². The van der Waals surface area contributed by atoms with E-state index in [4.69, 9.17) is 0 Å². The maximum absolute atomic E-state index is 4.31. The second-order valence-corrected chi connectivity index (χ2v) is 4.73. The Hall–Kier alpha value is -0.850. The minimum Gasteiger partial charge on any atom is -0.293 e. The summed E-state index contributed by atoms with van der Waals surface area (Å²) in [6.45, 7) is 17.1. The van der Waals surface area contributed by atoms with Gasteiger partial charge in [0.15, 0.2) is 0 Å². The molecule has 0 unspecified atom stereocenters. The molecule has 0 atom stereocenters. The Labute approximate surface area is 95.0 Å². The molecule has 86 valence electrons. The van der Waals surface area contributed by atoms with Crippen molar-refractivity contribution < 1.29 is 0 Å². The molecule has 0 bridgehead atoms. The zero-order chi connectivity index (χ0) is 12.2. The second kappa shape index (κ2) is 5.89. The number of allylic oxidation sites excluding steroid dienone is 3. The van der Waals surface area contributed by atoms with Crippen LogP contribution in [0.15, 0.2) is 28.3 Å². The number of rotatable bonds is 4. The maximum atomic E-state index is 4.31. The summed E-state index contributed by atoms with van der Waals surface area (Å²) in [4.78, 5) is 4.31. The van der Waals surface area contributed by atoms with Crippen molar-refractivity contribution in [1.29, 1.82) is 0 Å². The van der Waals surface area contributed by atoms with Gasteiger partial charge in [-0.25, -0.2) is 0 Å². The summed E-state index contributed by atoms with van der Waals surface area (Å²) in [6.07, 6.45) is 0. The molecule has 0 heterocycles. The van der Waals surface area contributed by atoms with Crippen molar-refractivity contribution in [1.82, 2.24) is 0 Å². The molecule has 1 nitrogen and oxygen atoms in total. The highest BCUT2D eigenvalue weighted by atomic mass is 14.7. The summed E-state index contributed by atoms with van der Waals surface area (Å²) in [5, 5.41) is 0. The molecule has 0 aliphatic rings. The molecule has 0 spiro atoms. The largest absolute Gasteiger partial charge is 0.293 e. The summed E-state index contributed by atoms with van der Waals surface area (Å²) in [7, 11) is 1.86. The van der Waals surface area contributed by atoms with Gasteiger partial charge in [-0.3, -0.25) is 4.99 Å². The second-order valence-electron chi connectivity index (χ2n) is 4.73. The summed E-state index contributed by atoms with van der Waals surface area (Å²) in [5.41, 5.74) is 5.03. The third-order valence-electron chi connectivity index (χ3n) is 2.63. The van der Waals surface area contributed by atoms with Crippen molar-refractivity contribution in [3.63, 3.8) is 0 Å². The van der Waals surface area contributed by atoms with E-state index < -0.39 is 0 Å². The molecule has 0 amide bonds. The molecule has 0 aliphatic heterocycles. The lowest BCUT2D eigenvalue weighted by atomic mass is 9.84. The van der Waals surface area contributed by atoms with Crippen LogP contribution in [0.1, 0.15) is 41.5 Å². The Kier molecular flexibility index (Phi) is 5.56. The Bertz CT molecular complexity index is 290. The Morgan fingerprint density at radius 2 is 1.33 bits per heavy atom. The van der Waals surface area contributed by atoms with Gasteiger partial charge in [0.25, 0.3) is 0 Å². The molecule has 0 radical (unpaired) electrons. The monoisotopic (exact) mass is 207 g/mol. The summed E-state index contributed by atoms with van der Waals surface area (Å²) in [5.74, 6) is 1.01. The van der Waals surface area contributed by atoms with Gasteiger partial charge in [0.2, 0.25) is 0 Å². The highest BCUT2D eigenvalue weighted by Gasteiger charge is 2.16. The Morgan fingerprint density at radius 3 is 1.53 bits per heavy atom. The quantitative estimate of drug-likeness (QED) is 0.482. The van der Waals surface area contributed by atoms with Crippen LogP contribution in [0.2, 0.25) is 0 Å². The van der Waals surface area contributed by atoms with Gasteiger partial charge in [0, 0.05) is 12.8 Å². The molecule has 0 saturated carbocycles. The van der Waals surface area contributed by atoms with E-state index in [0.717, 1.165) is 11.3 Å². The van der Waals surface area contributed by atoms with Crippen LogP contribution < -0.4 is 0 Å². The van der Waals surface area contributed by atoms with Gasteiger partial charge in [-0.2, -0.15) is 0 Å². The normalized spacial score (nSPS) is 14.6. The van der Waals surface area contributed by atoms with Crippen LogP contribution >= 0.6 is 0 Å². The highest BCUT2D eigenvalue weighted by Crippen LogP contribution is 2.27. The average molecular weight is 207 g/mol. The van der Waals surface area contributed by atoms with Crippen molar-refractivity contribution in [3.05, 3.63) is 23.3 Å². The predicted molar refractivity (Wildman–Crippen MR) is 70.5 cm³/mol. The van der Waals surface area contributed by atoms with E-state index in [1.807, 2.05) is 7.05 Å². The van der Waals surface area contributed by atoms with Gasteiger partial charge in [-0.15, -0.1) is 0 Å². The minimum absolute atomic E-state index is 0.503. The zero-order valence-electron chi connectivity index (χ0n) is 11.3. The van der Waals surface area contributed by atoms with Crippen LogP contribution in [-0.2, 0) is 0 Å². The zero-order valence-corrected chi connectivity index (χ0v) is 11.3. The third kappa shape index (κ3) is 3.65. The van der Waals surface area contributed by atoms with E-state index in [2.05, 4.69) is 53.1 Å². The van der Waals surface area contributed by atoms with Gasteiger partial charge in [-0.05, 0) is 36.8 Å². The van der Waals surface area contributed by atoms with Gasteiger partial charge in [-0.1, -0.05) is 39.8 Å². The molecule has 0 N–H and O–H groups in total. The van der Waals surface area contributed by atoms with E-state index in [0.29, 0.717) is 11.8 Å². The molecular formula is C14H25N. The first-order valence-electron chi connectivity index (χ1n) is 5.66. The molecule has 0 saturated heterocycles. The Balaban J connectivity index is 5.68. The lowest BCUT2D eigenvalue weighted by molar-refractivity contribution is 0.720. The topological polar surface area (TPSA) is 12.4 Å². The predicted octanol–water partition coefficient (Wildman–Crippen LogP) is 4.26. The van der Waals surface area contributed by atoms with Crippen molar-refractivity contribution >= 4 is 5.71 Å². The van der Waals surface area contributed by atoms with Crippen LogP contribution in [0.4, 0.5) is 0 Å². The fraction of sp³-hybridized carbons (Fsp3) is 0.643. The van der Waals surface area contributed by atoms with E-state index in [-0.39, 0.29) is 0 Å². The standard InChI is InChI=1S/C14H25N/c1-9(2)13(10(3)4)14(11(5)6)12(7)15-8/h10-11H,1H2,2-8H3/b14-13+,15-12-. The first kappa shape index (κ1) is 14.2. The summed E-state index contributed by atoms with van der Waals surface area (Å²) >= 11 is 0. The molecule has 0 aromatic carbocycles. The van der Waals surface area contributed by atoms with Crippen LogP contribution in [0.5, 0.6) is 0 Å². The van der Waals surface area contributed by atoms with E-state index in [1.54, 1.807) is 0 Å². The molecule has 0 aromatic heterocycles. The first-order chi connectivity index (χ1) is 6.82. The SMILES string of the molecule is C=C(C)/C(=C(\C(C)=N/C)C(C)C)C(C)C. The van der Waals surface area contributed by atoms with E-state index in [1.165, 1.54) is 11.1 Å². The summed E-state index contributed by atoms with van der Waals surface area (Å²) in [6, 6.07) is 0. The van der Waals surface area contributed by atoms with Crippen molar-refractivity contribution in [2.24, 2.45) is 16.8 Å². The molecule has 1 heteroatoms. The fourth-order valence-electron chi connectivity index (χ4n) is 2.08. The van der Waals surface area contributed by atoms with Crippen LogP contribution in [0.3, 0.4) is 0 Å². The highest BCUT2D eigenvalue weighted by molar-refractivity contribution is 5.99. The van der Waals surface area contributed by atoms with Crippen molar-refractivity contribution in [2.75, 3.05) is 7.05 Å². The fourth-order valence-corrected chi connectivity index (χ4v) is 2.08. The van der Waals surface area contributed by atoms with E-state index in [9.17, 15) is 0 Å². The van der Waals surface area contributed by atoms with E-state index >= 15 is 0 Å². The van der Waals surface area contributed by atoms with Crippen molar-refractivity contribution in [3.8, 4) is 0 Å². The van der Waals surface area contributed by atoms with Gasteiger partial charge >= 0.3 is 0 Å². The average Bonchev–Trinajstić information content (AvgIpc) is 2.10. The summed E-state index contributed by atoms with van der Waals surface area (Å²) < 4.78 is 0. The lowest BCUT2D eigenvalue weighted by Crippen LogP contribution is -2.12. The molecule has 0 aliphatic carbocycles.